The highest BCUT2D eigenvalue weighted by atomic mass is 32.2. The Bertz CT molecular complexity index is 534. The van der Waals surface area contributed by atoms with Crippen LogP contribution in [0, 0.1) is 11.3 Å². The molecule has 18 heavy (non-hydrogen) atoms. The summed E-state index contributed by atoms with van der Waals surface area (Å²) in [6.45, 7) is 1.85. The Labute approximate surface area is 112 Å². The maximum atomic E-state index is 12.2. The van der Waals surface area contributed by atoms with Gasteiger partial charge in [-0.05, 0) is 25.3 Å². The maximum Gasteiger partial charge on any atom is 0.244 e. The van der Waals surface area contributed by atoms with Gasteiger partial charge in [0, 0.05) is 25.0 Å². The quantitative estimate of drug-likeness (QED) is 0.816. The zero-order valence-corrected chi connectivity index (χ0v) is 12.1. The van der Waals surface area contributed by atoms with E-state index in [1.165, 1.54) is 22.6 Å². The zero-order chi connectivity index (χ0) is 13.8. The van der Waals surface area contributed by atoms with Gasteiger partial charge >= 0.3 is 0 Å². The summed E-state index contributed by atoms with van der Waals surface area (Å²) in [5, 5.41) is 8.62. The molecule has 0 fully saturated rings. The summed E-state index contributed by atoms with van der Waals surface area (Å²) in [7, 11) is -1.99. The Balaban J connectivity index is 3.02. The molecule has 1 atom stereocenters. The molecule has 0 aromatic carbocycles. The molecule has 0 bridgehead atoms. The van der Waals surface area contributed by atoms with Crippen molar-refractivity contribution in [3.63, 3.8) is 0 Å². The molecule has 0 aliphatic rings. The second-order valence-corrected chi connectivity index (χ2v) is 6.72. The van der Waals surface area contributed by atoms with Crippen LogP contribution in [-0.2, 0) is 10.0 Å². The Morgan fingerprint density at radius 1 is 1.56 bits per heavy atom. The van der Waals surface area contributed by atoms with E-state index in [1.807, 2.05) is 19.2 Å². The topological polar surface area (TPSA) is 74.1 Å². The first kappa shape index (κ1) is 15.0. The van der Waals surface area contributed by atoms with E-state index in [2.05, 4.69) is 4.98 Å². The number of hydrogen-bond donors (Lipinski definition) is 0. The molecule has 5 nitrogen and oxygen atoms in total. The van der Waals surface area contributed by atoms with Gasteiger partial charge in [0.25, 0.3) is 0 Å². The molecule has 1 heterocycles. The standard InChI is InChI=1S/C11H15N3O2S2/c1-9(8-17-3)14(2)18(15,16)11-5-4-10(6-12)13-7-11/h4-5,7,9H,8H2,1-3H3. The van der Waals surface area contributed by atoms with E-state index in [9.17, 15) is 8.42 Å². The first-order chi connectivity index (χ1) is 8.43. The van der Waals surface area contributed by atoms with Gasteiger partial charge in [0.1, 0.15) is 16.7 Å². The van der Waals surface area contributed by atoms with Gasteiger partial charge in [0.2, 0.25) is 10.0 Å². The van der Waals surface area contributed by atoms with E-state index in [0.29, 0.717) is 0 Å². The molecule has 0 N–H and O–H groups in total. The summed E-state index contributed by atoms with van der Waals surface area (Å²) in [4.78, 5) is 3.89. The van der Waals surface area contributed by atoms with Gasteiger partial charge in [-0.25, -0.2) is 13.4 Å². The molecule has 0 aliphatic heterocycles. The smallest absolute Gasteiger partial charge is 0.244 e. The highest BCUT2D eigenvalue weighted by Crippen LogP contribution is 2.17. The summed E-state index contributed by atoms with van der Waals surface area (Å²) in [6.07, 6.45) is 3.15. The summed E-state index contributed by atoms with van der Waals surface area (Å²) in [5.74, 6) is 0.722. The first-order valence-corrected chi connectivity index (χ1v) is 8.10. The molecular formula is C11H15N3O2S2. The molecule has 0 spiro atoms. The lowest BCUT2D eigenvalue weighted by atomic mass is 10.4. The van der Waals surface area contributed by atoms with Crippen LogP contribution in [0.5, 0.6) is 0 Å². The van der Waals surface area contributed by atoms with Crippen LogP contribution in [0.2, 0.25) is 0 Å². The molecule has 0 amide bonds. The van der Waals surface area contributed by atoms with Crippen LogP contribution in [0.1, 0.15) is 12.6 Å². The van der Waals surface area contributed by atoms with Crippen molar-refractivity contribution >= 4 is 21.8 Å². The largest absolute Gasteiger partial charge is 0.244 e. The zero-order valence-electron chi connectivity index (χ0n) is 10.5. The fourth-order valence-electron chi connectivity index (χ4n) is 1.35. The minimum absolute atomic E-state index is 0.0966. The molecule has 1 aromatic heterocycles. The predicted octanol–water partition coefficient (Wildman–Crippen LogP) is 1.33. The van der Waals surface area contributed by atoms with Crippen LogP contribution in [0.3, 0.4) is 0 Å². The van der Waals surface area contributed by atoms with Gasteiger partial charge in [-0.15, -0.1) is 0 Å². The van der Waals surface area contributed by atoms with Gasteiger partial charge in [-0.3, -0.25) is 0 Å². The number of nitriles is 1. The van der Waals surface area contributed by atoms with Gasteiger partial charge in [-0.1, -0.05) is 0 Å². The number of rotatable bonds is 5. The van der Waals surface area contributed by atoms with Crippen LogP contribution >= 0.6 is 11.8 Å². The number of hydrogen-bond acceptors (Lipinski definition) is 5. The molecular weight excluding hydrogens is 270 g/mol. The number of thioether (sulfide) groups is 1. The van der Waals surface area contributed by atoms with Crippen LogP contribution in [-0.4, -0.2) is 42.8 Å². The summed E-state index contributed by atoms with van der Waals surface area (Å²) >= 11 is 1.59. The molecule has 0 aliphatic carbocycles. The first-order valence-electron chi connectivity index (χ1n) is 5.26. The highest BCUT2D eigenvalue weighted by molar-refractivity contribution is 7.98. The number of pyridine rings is 1. The van der Waals surface area contributed by atoms with Crippen molar-refractivity contribution in [2.75, 3.05) is 19.1 Å². The van der Waals surface area contributed by atoms with Crippen molar-refractivity contribution in [3.05, 3.63) is 24.0 Å². The Hall–Kier alpha value is -1.10. The van der Waals surface area contributed by atoms with Crippen LogP contribution in [0.15, 0.2) is 23.2 Å². The highest BCUT2D eigenvalue weighted by Gasteiger charge is 2.25. The summed E-state index contributed by atoms with van der Waals surface area (Å²) in [6, 6.07) is 4.57. The van der Waals surface area contributed by atoms with Crippen molar-refractivity contribution in [1.29, 1.82) is 5.26 Å². The Morgan fingerprint density at radius 3 is 2.67 bits per heavy atom. The lowest BCUT2D eigenvalue weighted by Crippen LogP contribution is -2.36. The normalized spacial score (nSPS) is 13.3. The second kappa shape index (κ2) is 6.18. The molecule has 0 saturated carbocycles. The third-order valence-corrected chi connectivity index (χ3v) is 5.33. The van der Waals surface area contributed by atoms with Gasteiger partial charge in [0.15, 0.2) is 0 Å². The van der Waals surface area contributed by atoms with E-state index in [0.717, 1.165) is 5.75 Å². The molecule has 1 unspecified atom stereocenters. The van der Waals surface area contributed by atoms with Gasteiger partial charge < -0.3 is 0 Å². The molecule has 7 heteroatoms. The summed E-state index contributed by atoms with van der Waals surface area (Å²) in [5.41, 5.74) is 0.203. The maximum absolute atomic E-state index is 12.2. The van der Waals surface area contributed by atoms with E-state index in [-0.39, 0.29) is 16.6 Å². The van der Waals surface area contributed by atoms with Crippen LogP contribution in [0.4, 0.5) is 0 Å². The second-order valence-electron chi connectivity index (χ2n) is 3.82. The van der Waals surface area contributed by atoms with Gasteiger partial charge in [-0.2, -0.15) is 21.3 Å². The van der Waals surface area contributed by atoms with Crippen LogP contribution in [0.25, 0.3) is 0 Å². The lowest BCUT2D eigenvalue weighted by Gasteiger charge is -2.23. The minimum Gasteiger partial charge on any atom is -0.244 e. The van der Waals surface area contributed by atoms with Crippen molar-refractivity contribution in [1.82, 2.24) is 9.29 Å². The van der Waals surface area contributed by atoms with E-state index in [4.69, 9.17) is 5.26 Å². The minimum atomic E-state index is -3.54. The molecule has 0 radical (unpaired) electrons. The number of aromatic nitrogens is 1. The van der Waals surface area contributed by atoms with E-state index < -0.39 is 10.0 Å². The van der Waals surface area contributed by atoms with Crippen molar-refractivity contribution in [2.24, 2.45) is 0 Å². The number of sulfonamides is 1. The fraction of sp³-hybridized carbons (Fsp3) is 0.455. The Kier molecular flexibility index (Phi) is 5.14. The van der Waals surface area contributed by atoms with Crippen molar-refractivity contribution in [2.45, 2.75) is 17.9 Å². The van der Waals surface area contributed by atoms with Gasteiger partial charge in [0.05, 0.1) is 0 Å². The fourth-order valence-corrected chi connectivity index (χ4v) is 3.46. The average molecular weight is 285 g/mol. The average Bonchev–Trinajstić information content (AvgIpc) is 2.38. The Morgan fingerprint density at radius 2 is 2.22 bits per heavy atom. The SMILES string of the molecule is CSCC(C)N(C)S(=O)(=O)c1ccc(C#N)nc1. The predicted molar refractivity (Wildman–Crippen MR) is 71.7 cm³/mol. The third kappa shape index (κ3) is 3.22. The van der Waals surface area contributed by atoms with Crippen molar-refractivity contribution < 1.29 is 8.42 Å². The van der Waals surface area contributed by atoms with Crippen molar-refractivity contribution in [3.8, 4) is 6.07 Å². The van der Waals surface area contributed by atoms with E-state index >= 15 is 0 Å². The third-order valence-electron chi connectivity index (χ3n) is 2.56. The molecule has 1 aromatic rings. The monoisotopic (exact) mass is 285 g/mol. The molecule has 98 valence electrons. The van der Waals surface area contributed by atoms with E-state index in [1.54, 1.807) is 18.8 Å². The number of nitrogens with zero attached hydrogens (tertiary/aromatic N) is 3. The van der Waals surface area contributed by atoms with Crippen LogP contribution < -0.4 is 0 Å². The molecule has 0 saturated heterocycles. The molecule has 1 rings (SSSR count). The lowest BCUT2D eigenvalue weighted by molar-refractivity contribution is 0.415. The summed E-state index contributed by atoms with van der Waals surface area (Å²) < 4.78 is 25.8.